The monoisotopic (exact) mass is 280 g/mol. The summed E-state index contributed by atoms with van der Waals surface area (Å²) in [5, 5.41) is 0. The highest BCUT2D eigenvalue weighted by Crippen LogP contribution is 2.32. The highest BCUT2D eigenvalue weighted by Gasteiger charge is 2.04. The Balaban J connectivity index is 2.32. The second-order valence-electron chi connectivity index (χ2n) is 3.16. The van der Waals surface area contributed by atoms with Gasteiger partial charge in [-0.1, -0.05) is 37.8 Å². The molecule has 1 heterocycles. The molecule has 0 N–H and O–H groups in total. The fourth-order valence-electron chi connectivity index (χ4n) is 1.29. The normalized spacial score (nSPS) is 10.7. The molecule has 0 atom stereocenters. The second-order valence-corrected chi connectivity index (χ2v) is 6.19. The van der Waals surface area contributed by atoms with Crippen LogP contribution in [-0.4, -0.2) is 0 Å². The van der Waals surface area contributed by atoms with Crippen LogP contribution >= 0.6 is 38.9 Å². The fourth-order valence-corrected chi connectivity index (χ4v) is 3.39. The smallest absolute Gasteiger partial charge is 0.0972 e. The van der Waals surface area contributed by atoms with Gasteiger partial charge in [-0.2, -0.15) is 0 Å². The predicted molar refractivity (Wildman–Crippen MR) is 64.9 cm³/mol. The quantitative estimate of drug-likeness (QED) is 0.644. The van der Waals surface area contributed by atoms with Crippen molar-refractivity contribution in [3.05, 3.63) is 19.8 Å². The Morgan fingerprint density at radius 2 is 2.15 bits per heavy atom. The van der Waals surface area contributed by atoms with Gasteiger partial charge >= 0.3 is 0 Å². The highest BCUT2D eigenvalue weighted by molar-refractivity contribution is 9.11. The van der Waals surface area contributed by atoms with Crippen LogP contribution in [0.3, 0.4) is 0 Å². The van der Waals surface area contributed by atoms with Gasteiger partial charge in [0, 0.05) is 0 Å². The van der Waals surface area contributed by atoms with E-state index < -0.39 is 0 Å². The summed E-state index contributed by atoms with van der Waals surface area (Å²) in [7, 11) is 0. The zero-order valence-electron chi connectivity index (χ0n) is 7.78. The number of thiophene rings is 1. The van der Waals surface area contributed by atoms with Gasteiger partial charge in [-0.25, -0.2) is 0 Å². The van der Waals surface area contributed by atoms with Gasteiger partial charge in [0.1, 0.15) is 0 Å². The minimum atomic E-state index is 0.948. The maximum absolute atomic E-state index is 6.05. The molecule has 1 aromatic heterocycles. The minimum Gasteiger partial charge on any atom is -0.116 e. The SMILES string of the molecule is CCCCCCc1cc(Br)sc1Cl. The summed E-state index contributed by atoms with van der Waals surface area (Å²) < 4.78 is 2.09. The first-order chi connectivity index (χ1) is 6.24. The largest absolute Gasteiger partial charge is 0.116 e. The molecule has 74 valence electrons. The molecule has 0 saturated heterocycles. The summed E-state index contributed by atoms with van der Waals surface area (Å²) in [6.45, 7) is 2.23. The van der Waals surface area contributed by atoms with Crippen LogP contribution in [0.1, 0.15) is 38.2 Å². The first-order valence-electron chi connectivity index (χ1n) is 4.67. The first kappa shape index (κ1) is 11.5. The van der Waals surface area contributed by atoms with E-state index in [0.717, 1.165) is 14.5 Å². The van der Waals surface area contributed by atoms with Crippen LogP contribution in [0.15, 0.2) is 9.85 Å². The molecule has 1 aromatic rings. The maximum atomic E-state index is 6.05. The molecule has 0 amide bonds. The van der Waals surface area contributed by atoms with Crippen molar-refractivity contribution in [1.82, 2.24) is 0 Å². The van der Waals surface area contributed by atoms with Crippen LogP contribution in [-0.2, 0) is 6.42 Å². The number of hydrogen-bond acceptors (Lipinski definition) is 1. The summed E-state index contributed by atoms with van der Waals surface area (Å²) in [5.74, 6) is 0. The number of rotatable bonds is 5. The van der Waals surface area contributed by atoms with Crippen molar-refractivity contribution in [3.8, 4) is 0 Å². The Morgan fingerprint density at radius 1 is 1.38 bits per heavy atom. The molecule has 1 rings (SSSR count). The number of aryl methyl sites for hydroxylation is 1. The van der Waals surface area contributed by atoms with E-state index in [0.29, 0.717) is 0 Å². The van der Waals surface area contributed by atoms with Gasteiger partial charge in [0.15, 0.2) is 0 Å². The first-order valence-corrected chi connectivity index (χ1v) is 6.66. The van der Waals surface area contributed by atoms with Crippen LogP contribution in [0.2, 0.25) is 4.34 Å². The van der Waals surface area contributed by atoms with Crippen LogP contribution in [0.25, 0.3) is 0 Å². The van der Waals surface area contributed by atoms with Crippen molar-refractivity contribution in [2.45, 2.75) is 39.0 Å². The third-order valence-corrected chi connectivity index (χ3v) is 3.97. The topological polar surface area (TPSA) is 0 Å². The van der Waals surface area contributed by atoms with Crippen LogP contribution in [0, 0.1) is 0 Å². The van der Waals surface area contributed by atoms with Crippen molar-refractivity contribution in [2.75, 3.05) is 0 Å². The molecule has 3 heteroatoms. The van der Waals surface area contributed by atoms with Crippen LogP contribution in [0.5, 0.6) is 0 Å². The van der Waals surface area contributed by atoms with E-state index in [4.69, 9.17) is 11.6 Å². The Bertz CT molecular complexity index is 257. The van der Waals surface area contributed by atoms with Gasteiger partial charge in [-0.3, -0.25) is 0 Å². The van der Waals surface area contributed by atoms with E-state index in [1.165, 1.54) is 31.2 Å². The zero-order chi connectivity index (χ0) is 9.68. The molecule has 0 spiro atoms. The number of halogens is 2. The van der Waals surface area contributed by atoms with Gasteiger partial charge in [-0.05, 0) is 40.4 Å². The Labute approximate surface area is 97.4 Å². The van der Waals surface area contributed by atoms with E-state index in [1.54, 1.807) is 11.3 Å². The van der Waals surface area contributed by atoms with Gasteiger partial charge in [0.2, 0.25) is 0 Å². The molecule has 0 saturated carbocycles. The lowest BCUT2D eigenvalue weighted by Crippen LogP contribution is -1.83. The van der Waals surface area contributed by atoms with Crippen LogP contribution < -0.4 is 0 Å². The molecule has 0 aliphatic heterocycles. The average molecular weight is 282 g/mol. The maximum Gasteiger partial charge on any atom is 0.0972 e. The molecule has 13 heavy (non-hydrogen) atoms. The third kappa shape index (κ3) is 4.01. The van der Waals surface area contributed by atoms with Gasteiger partial charge in [-0.15, -0.1) is 11.3 Å². The van der Waals surface area contributed by atoms with Crippen molar-refractivity contribution >= 4 is 38.9 Å². The van der Waals surface area contributed by atoms with E-state index in [2.05, 4.69) is 28.9 Å². The van der Waals surface area contributed by atoms with E-state index in [-0.39, 0.29) is 0 Å². The molecule has 0 aliphatic rings. The lowest BCUT2D eigenvalue weighted by atomic mass is 10.1. The van der Waals surface area contributed by atoms with Crippen LogP contribution in [0.4, 0.5) is 0 Å². The molecular weight excluding hydrogens is 268 g/mol. The number of hydrogen-bond donors (Lipinski definition) is 0. The Kier molecular flexibility index (Phi) is 5.37. The molecule has 0 fully saturated rings. The molecule has 0 nitrogen and oxygen atoms in total. The Morgan fingerprint density at radius 3 is 2.69 bits per heavy atom. The second kappa shape index (κ2) is 6.05. The van der Waals surface area contributed by atoms with Crippen molar-refractivity contribution in [2.24, 2.45) is 0 Å². The fraction of sp³-hybridized carbons (Fsp3) is 0.600. The van der Waals surface area contributed by atoms with Crippen molar-refractivity contribution in [1.29, 1.82) is 0 Å². The molecule has 0 radical (unpaired) electrons. The lowest BCUT2D eigenvalue weighted by molar-refractivity contribution is 0.667. The molecule has 0 aromatic carbocycles. The highest BCUT2D eigenvalue weighted by atomic mass is 79.9. The lowest BCUT2D eigenvalue weighted by Gasteiger charge is -1.97. The van der Waals surface area contributed by atoms with Gasteiger partial charge < -0.3 is 0 Å². The molecule has 0 unspecified atom stereocenters. The molecule has 0 aliphatic carbocycles. The molecular formula is C10H14BrClS. The Hall–Kier alpha value is 0.470. The minimum absolute atomic E-state index is 0.948. The summed E-state index contributed by atoms with van der Waals surface area (Å²) in [4.78, 5) is 0. The number of unbranched alkanes of at least 4 members (excludes halogenated alkanes) is 3. The predicted octanol–water partition coefficient (Wildman–Crippen LogP) is 5.29. The molecule has 0 bridgehead atoms. The summed E-state index contributed by atoms with van der Waals surface area (Å²) in [6, 6.07) is 2.14. The zero-order valence-corrected chi connectivity index (χ0v) is 10.9. The van der Waals surface area contributed by atoms with E-state index in [1.807, 2.05) is 0 Å². The third-order valence-electron chi connectivity index (χ3n) is 2.03. The average Bonchev–Trinajstić information content (AvgIpc) is 2.39. The van der Waals surface area contributed by atoms with Gasteiger partial charge in [0.25, 0.3) is 0 Å². The van der Waals surface area contributed by atoms with E-state index in [9.17, 15) is 0 Å². The van der Waals surface area contributed by atoms with E-state index >= 15 is 0 Å². The summed E-state index contributed by atoms with van der Waals surface area (Å²) >= 11 is 11.1. The van der Waals surface area contributed by atoms with Crippen molar-refractivity contribution in [3.63, 3.8) is 0 Å². The van der Waals surface area contributed by atoms with Gasteiger partial charge in [0.05, 0.1) is 8.12 Å². The standard InChI is InChI=1S/C10H14BrClS/c1-2-3-4-5-6-8-7-9(11)13-10(8)12/h7H,2-6H2,1H3. The van der Waals surface area contributed by atoms with Crippen molar-refractivity contribution < 1.29 is 0 Å². The summed E-state index contributed by atoms with van der Waals surface area (Å²) in [5.41, 5.74) is 1.30. The summed E-state index contributed by atoms with van der Waals surface area (Å²) in [6.07, 6.45) is 6.34.